The van der Waals surface area contributed by atoms with Gasteiger partial charge in [0.2, 0.25) is 0 Å². The Balaban J connectivity index is 2.26. The highest BCUT2D eigenvalue weighted by Crippen LogP contribution is 2.31. The maximum absolute atomic E-state index is 12.4. The highest BCUT2D eigenvalue weighted by Gasteiger charge is 2.32. The smallest absolute Gasteiger partial charge is 0.405 e. The molecular formula is C14H13F3N2O2. The van der Waals surface area contributed by atoms with Gasteiger partial charge in [0.15, 0.2) is 0 Å². The SMILES string of the molecule is OCC(Nc1ccccn1)c1ccccc1OC(F)(F)F. The molecule has 0 radical (unpaired) electrons. The van der Waals surface area contributed by atoms with E-state index >= 15 is 0 Å². The van der Waals surface area contributed by atoms with Gasteiger partial charge in [-0.3, -0.25) is 0 Å². The Kier molecular flexibility index (Phi) is 4.64. The Morgan fingerprint density at radius 1 is 1.14 bits per heavy atom. The number of hydrogen-bond acceptors (Lipinski definition) is 4. The zero-order valence-electron chi connectivity index (χ0n) is 10.8. The number of aliphatic hydroxyl groups is 1. The second-order valence-corrected chi connectivity index (χ2v) is 4.18. The first-order valence-electron chi connectivity index (χ1n) is 6.12. The molecule has 1 aromatic carbocycles. The number of para-hydroxylation sites is 1. The number of aromatic nitrogens is 1. The Morgan fingerprint density at radius 2 is 1.86 bits per heavy atom. The first-order chi connectivity index (χ1) is 9.99. The van der Waals surface area contributed by atoms with Gasteiger partial charge in [-0.1, -0.05) is 24.3 Å². The van der Waals surface area contributed by atoms with E-state index in [2.05, 4.69) is 15.0 Å². The standard InChI is InChI=1S/C14H13F3N2O2/c15-14(16,17)21-12-6-2-1-5-10(12)11(9-20)19-13-7-3-4-8-18-13/h1-8,11,20H,9H2,(H,18,19). The summed E-state index contributed by atoms with van der Waals surface area (Å²) in [5.41, 5.74) is 0.197. The summed E-state index contributed by atoms with van der Waals surface area (Å²) in [4.78, 5) is 4.01. The van der Waals surface area contributed by atoms with Crippen molar-refractivity contribution in [3.63, 3.8) is 0 Å². The summed E-state index contributed by atoms with van der Waals surface area (Å²) in [5.74, 6) is 0.0887. The van der Waals surface area contributed by atoms with Gasteiger partial charge in [-0.25, -0.2) is 4.98 Å². The van der Waals surface area contributed by atoms with Crippen LogP contribution in [0.5, 0.6) is 5.75 Å². The van der Waals surface area contributed by atoms with Crippen molar-refractivity contribution in [2.75, 3.05) is 11.9 Å². The molecule has 21 heavy (non-hydrogen) atoms. The lowest BCUT2D eigenvalue weighted by Gasteiger charge is -2.21. The van der Waals surface area contributed by atoms with Gasteiger partial charge in [-0.05, 0) is 18.2 Å². The third kappa shape index (κ3) is 4.35. The number of rotatable bonds is 5. The minimum Gasteiger partial charge on any atom is -0.405 e. The largest absolute Gasteiger partial charge is 0.573 e. The number of alkyl halides is 3. The van der Waals surface area contributed by atoms with Crippen LogP contribution in [-0.2, 0) is 0 Å². The van der Waals surface area contributed by atoms with Crippen molar-refractivity contribution in [3.05, 3.63) is 54.2 Å². The van der Waals surface area contributed by atoms with Crippen LogP contribution in [0.4, 0.5) is 19.0 Å². The van der Waals surface area contributed by atoms with Crippen LogP contribution in [0.1, 0.15) is 11.6 Å². The molecule has 0 spiro atoms. The summed E-state index contributed by atoms with van der Waals surface area (Å²) in [6.07, 6.45) is -3.25. The van der Waals surface area contributed by atoms with Crippen LogP contribution in [0, 0.1) is 0 Å². The number of anilines is 1. The predicted molar refractivity (Wildman–Crippen MR) is 70.8 cm³/mol. The van der Waals surface area contributed by atoms with Crippen molar-refractivity contribution in [3.8, 4) is 5.75 Å². The van der Waals surface area contributed by atoms with Crippen LogP contribution in [0.15, 0.2) is 48.7 Å². The van der Waals surface area contributed by atoms with Crippen molar-refractivity contribution in [2.24, 2.45) is 0 Å². The van der Waals surface area contributed by atoms with Crippen molar-refractivity contribution in [1.82, 2.24) is 4.98 Å². The van der Waals surface area contributed by atoms with Gasteiger partial charge >= 0.3 is 6.36 Å². The van der Waals surface area contributed by atoms with Gasteiger partial charge in [0.05, 0.1) is 12.6 Å². The lowest BCUT2D eigenvalue weighted by atomic mass is 10.1. The van der Waals surface area contributed by atoms with Gasteiger partial charge in [0.25, 0.3) is 0 Å². The van der Waals surface area contributed by atoms with E-state index in [1.54, 1.807) is 24.3 Å². The average molecular weight is 298 g/mol. The molecule has 1 atom stereocenters. The number of halogens is 3. The van der Waals surface area contributed by atoms with E-state index in [1.807, 2.05) is 0 Å². The second kappa shape index (κ2) is 6.45. The molecule has 0 saturated carbocycles. The molecule has 2 rings (SSSR count). The van der Waals surface area contributed by atoms with Crippen LogP contribution in [0.3, 0.4) is 0 Å². The number of ether oxygens (including phenoxy) is 1. The molecule has 1 heterocycles. The fraction of sp³-hybridized carbons (Fsp3) is 0.214. The maximum atomic E-state index is 12.4. The van der Waals surface area contributed by atoms with E-state index in [0.29, 0.717) is 5.82 Å². The fourth-order valence-electron chi connectivity index (χ4n) is 1.83. The van der Waals surface area contributed by atoms with E-state index in [-0.39, 0.29) is 11.3 Å². The Morgan fingerprint density at radius 3 is 2.48 bits per heavy atom. The number of aliphatic hydroxyl groups excluding tert-OH is 1. The molecule has 0 aliphatic heterocycles. The average Bonchev–Trinajstić information content (AvgIpc) is 2.45. The summed E-state index contributed by atoms with van der Waals surface area (Å²) < 4.78 is 41.2. The first kappa shape index (κ1) is 15.1. The molecule has 1 aromatic heterocycles. The lowest BCUT2D eigenvalue weighted by Crippen LogP contribution is -2.21. The third-order valence-corrected chi connectivity index (χ3v) is 2.69. The molecule has 0 fully saturated rings. The van der Waals surface area contributed by atoms with Gasteiger partial charge in [-0.2, -0.15) is 0 Å². The molecule has 2 aromatic rings. The molecule has 4 nitrogen and oxygen atoms in total. The Labute approximate surface area is 119 Å². The Hall–Kier alpha value is -2.28. The van der Waals surface area contributed by atoms with Crippen molar-refractivity contribution in [1.29, 1.82) is 0 Å². The lowest BCUT2D eigenvalue weighted by molar-refractivity contribution is -0.275. The monoisotopic (exact) mass is 298 g/mol. The van der Waals surface area contributed by atoms with Crippen LogP contribution >= 0.6 is 0 Å². The number of pyridine rings is 1. The van der Waals surface area contributed by atoms with E-state index in [0.717, 1.165) is 0 Å². The zero-order chi connectivity index (χ0) is 15.3. The quantitative estimate of drug-likeness (QED) is 0.890. The molecule has 0 aliphatic rings. The van der Waals surface area contributed by atoms with E-state index in [9.17, 15) is 18.3 Å². The molecule has 0 aliphatic carbocycles. The highest BCUT2D eigenvalue weighted by atomic mass is 19.4. The molecule has 112 valence electrons. The first-order valence-corrected chi connectivity index (χ1v) is 6.12. The van der Waals surface area contributed by atoms with Crippen LogP contribution < -0.4 is 10.1 Å². The molecule has 1 unspecified atom stereocenters. The van der Waals surface area contributed by atoms with Crippen LogP contribution in [0.2, 0.25) is 0 Å². The number of hydrogen-bond donors (Lipinski definition) is 2. The van der Waals surface area contributed by atoms with Gasteiger partial charge in [-0.15, -0.1) is 13.2 Å². The van der Waals surface area contributed by atoms with Crippen LogP contribution in [-0.4, -0.2) is 23.1 Å². The predicted octanol–water partition coefficient (Wildman–Crippen LogP) is 3.13. The topological polar surface area (TPSA) is 54.4 Å². The third-order valence-electron chi connectivity index (χ3n) is 2.69. The summed E-state index contributed by atoms with van der Waals surface area (Å²) in [7, 11) is 0. The maximum Gasteiger partial charge on any atom is 0.573 e. The summed E-state index contributed by atoms with van der Waals surface area (Å²) >= 11 is 0. The molecule has 7 heteroatoms. The fourth-order valence-corrected chi connectivity index (χ4v) is 1.83. The molecular weight excluding hydrogens is 285 g/mol. The van der Waals surface area contributed by atoms with Crippen molar-refractivity contribution in [2.45, 2.75) is 12.4 Å². The van der Waals surface area contributed by atoms with Crippen LogP contribution in [0.25, 0.3) is 0 Å². The normalized spacial score (nSPS) is 12.8. The van der Waals surface area contributed by atoms with Crippen molar-refractivity contribution >= 4 is 5.82 Å². The molecule has 0 amide bonds. The number of nitrogens with zero attached hydrogens (tertiary/aromatic N) is 1. The van der Waals surface area contributed by atoms with Gasteiger partial charge < -0.3 is 15.2 Å². The summed E-state index contributed by atoms with van der Waals surface area (Å²) in [5, 5.41) is 12.3. The second-order valence-electron chi connectivity index (χ2n) is 4.18. The van der Waals surface area contributed by atoms with Crippen molar-refractivity contribution < 1.29 is 23.0 Å². The molecule has 2 N–H and O–H groups in total. The van der Waals surface area contributed by atoms with E-state index in [4.69, 9.17) is 0 Å². The van der Waals surface area contributed by atoms with Gasteiger partial charge in [0, 0.05) is 11.8 Å². The minimum absolute atomic E-state index is 0.197. The molecule has 0 saturated heterocycles. The highest BCUT2D eigenvalue weighted by molar-refractivity contribution is 5.43. The van der Waals surface area contributed by atoms with E-state index in [1.165, 1.54) is 24.4 Å². The van der Waals surface area contributed by atoms with Gasteiger partial charge in [0.1, 0.15) is 11.6 Å². The summed E-state index contributed by atoms with van der Waals surface area (Å²) in [6.45, 7) is -0.408. The van der Waals surface area contributed by atoms with E-state index < -0.39 is 19.0 Å². The Bertz CT molecular complexity index is 576. The number of nitrogens with one attached hydrogen (secondary N) is 1. The molecule has 0 bridgehead atoms. The zero-order valence-corrected chi connectivity index (χ0v) is 10.8. The minimum atomic E-state index is -4.79. The summed E-state index contributed by atoms with van der Waals surface area (Å²) in [6, 6.07) is 9.97. The number of benzene rings is 1.